The van der Waals surface area contributed by atoms with Crippen molar-refractivity contribution in [1.82, 2.24) is 5.32 Å². The van der Waals surface area contributed by atoms with Crippen LogP contribution in [0.2, 0.25) is 0 Å². The van der Waals surface area contributed by atoms with Crippen LogP contribution < -0.4 is 5.32 Å². The van der Waals surface area contributed by atoms with Crippen LogP contribution in [-0.4, -0.2) is 11.4 Å². The van der Waals surface area contributed by atoms with E-state index in [9.17, 15) is 10.1 Å². The van der Waals surface area contributed by atoms with E-state index in [2.05, 4.69) is 11.4 Å². The van der Waals surface area contributed by atoms with Crippen LogP contribution >= 0.6 is 0 Å². The molecule has 0 bridgehead atoms. The Morgan fingerprint density at radius 2 is 1.85 bits per heavy atom. The van der Waals surface area contributed by atoms with Crippen LogP contribution in [0.1, 0.15) is 60.0 Å². The van der Waals surface area contributed by atoms with E-state index < -0.39 is 5.54 Å². The van der Waals surface area contributed by atoms with E-state index >= 15 is 0 Å². The Hall–Kier alpha value is -1.82. The van der Waals surface area contributed by atoms with E-state index in [1.54, 1.807) is 0 Å². The second-order valence-corrected chi connectivity index (χ2v) is 5.88. The second-order valence-electron chi connectivity index (χ2n) is 5.88. The highest BCUT2D eigenvalue weighted by atomic mass is 16.1. The van der Waals surface area contributed by atoms with Gasteiger partial charge in [0.25, 0.3) is 5.91 Å². The van der Waals surface area contributed by atoms with Gasteiger partial charge in [0, 0.05) is 5.56 Å². The van der Waals surface area contributed by atoms with Gasteiger partial charge in [0.15, 0.2) is 0 Å². The highest BCUT2D eigenvalue weighted by Gasteiger charge is 2.33. The van der Waals surface area contributed by atoms with Crippen LogP contribution in [0.4, 0.5) is 0 Å². The fraction of sp³-hybridized carbons (Fsp3) is 0.529. The van der Waals surface area contributed by atoms with Crippen molar-refractivity contribution in [3.8, 4) is 6.07 Å². The minimum absolute atomic E-state index is 0.116. The third-order valence-electron chi connectivity index (χ3n) is 4.16. The van der Waals surface area contributed by atoms with Crippen molar-refractivity contribution >= 4 is 5.91 Å². The molecule has 0 spiro atoms. The first-order valence-electron chi connectivity index (χ1n) is 7.37. The van der Waals surface area contributed by atoms with Gasteiger partial charge >= 0.3 is 0 Å². The molecule has 1 aromatic carbocycles. The number of nitriles is 1. The number of nitrogens with zero attached hydrogens (tertiary/aromatic N) is 1. The van der Waals surface area contributed by atoms with Gasteiger partial charge in [0.2, 0.25) is 0 Å². The Kier molecular flexibility index (Phi) is 4.44. The van der Waals surface area contributed by atoms with Crippen molar-refractivity contribution in [2.24, 2.45) is 0 Å². The Labute approximate surface area is 121 Å². The normalized spacial score (nSPS) is 17.9. The lowest BCUT2D eigenvalue weighted by atomic mass is 9.91. The van der Waals surface area contributed by atoms with Crippen molar-refractivity contribution < 1.29 is 4.79 Å². The third kappa shape index (κ3) is 3.19. The molecule has 0 saturated heterocycles. The lowest BCUT2D eigenvalue weighted by Gasteiger charge is -2.26. The van der Waals surface area contributed by atoms with E-state index in [4.69, 9.17) is 0 Å². The summed E-state index contributed by atoms with van der Waals surface area (Å²) in [4.78, 5) is 12.5. The summed E-state index contributed by atoms with van der Waals surface area (Å²) in [5.74, 6) is -0.116. The number of hydrogen-bond acceptors (Lipinski definition) is 2. The number of carbonyl (C=O) groups is 1. The molecule has 0 unspecified atom stereocenters. The van der Waals surface area contributed by atoms with Gasteiger partial charge in [0.1, 0.15) is 5.54 Å². The van der Waals surface area contributed by atoms with Gasteiger partial charge in [0.05, 0.1) is 6.07 Å². The van der Waals surface area contributed by atoms with Crippen LogP contribution in [0.5, 0.6) is 0 Å². The third-order valence-corrected chi connectivity index (χ3v) is 4.16. The summed E-state index contributed by atoms with van der Waals surface area (Å²) in [5, 5.41) is 12.5. The lowest BCUT2D eigenvalue weighted by molar-refractivity contribution is 0.0912. The number of hydrogen-bond donors (Lipinski definition) is 1. The zero-order chi connectivity index (χ0) is 14.6. The molecule has 1 fully saturated rings. The average molecular weight is 270 g/mol. The summed E-state index contributed by atoms with van der Waals surface area (Å²) >= 11 is 0. The number of benzene rings is 1. The maximum atomic E-state index is 12.5. The van der Waals surface area contributed by atoms with Gasteiger partial charge in [-0.1, -0.05) is 43.4 Å². The van der Waals surface area contributed by atoms with E-state index in [0.29, 0.717) is 5.56 Å². The average Bonchev–Trinajstić information content (AvgIpc) is 2.67. The molecule has 1 saturated carbocycles. The molecule has 0 aliphatic heterocycles. The number of carbonyl (C=O) groups excluding carboxylic acids is 1. The number of aryl methyl sites for hydroxylation is 2. The van der Waals surface area contributed by atoms with Gasteiger partial charge in [-0.05, 0) is 38.3 Å². The molecule has 106 valence electrons. The topological polar surface area (TPSA) is 52.9 Å². The molecule has 0 atom stereocenters. The number of nitrogens with one attached hydrogen (secondary N) is 1. The zero-order valence-electron chi connectivity index (χ0n) is 12.3. The van der Waals surface area contributed by atoms with Crippen molar-refractivity contribution in [3.63, 3.8) is 0 Å². The molecule has 20 heavy (non-hydrogen) atoms. The summed E-state index contributed by atoms with van der Waals surface area (Å²) in [6, 6.07) is 8.21. The Morgan fingerprint density at radius 3 is 2.45 bits per heavy atom. The largest absolute Gasteiger partial charge is 0.334 e. The molecular weight excluding hydrogens is 248 g/mol. The van der Waals surface area contributed by atoms with Crippen LogP contribution in [0, 0.1) is 25.2 Å². The Bertz CT molecular complexity index is 534. The first-order chi connectivity index (χ1) is 9.56. The Balaban J connectivity index is 2.21. The fourth-order valence-corrected chi connectivity index (χ4v) is 2.86. The van der Waals surface area contributed by atoms with Crippen LogP contribution in [0.15, 0.2) is 18.2 Å². The predicted molar refractivity (Wildman–Crippen MR) is 79.4 cm³/mol. The summed E-state index contributed by atoms with van der Waals surface area (Å²) in [7, 11) is 0. The first kappa shape index (κ1) is 14.6. The zero-order valence-corrected chi connectivity index (χ0v) is 12.3. The second kappa shape index (κ2) is 6.09. The molecule has 1 aliphatic rings. The first-order valence-corrected chi connectivity index (χ1v) is 7.37. The maximum Gasteiger partial charge on any atom is 0.252 e. The van der Waals surface area contributed by atoms with Gasteiger partial charge in [-0.15, -0.1) is 0 Å². The molecule has 0 aromatic heterocycles. The SMILES string of the molecule is Cc1ccc(C)c(C(=O)NC2(C#N)CCCCCC2)c1. The highest BCUT2D eigenvalue weighted by molar-refractivity contribution is 5.96. The van der Waals surface area contributed by atoms with E-state index in [-0.39, 0.29) is 5.91 Å². The molecule has 3 nitrogen and oxygen atoms in total. The minimum Gasteiger partial charge on any atom is -0.334 e. The Morgan fingerprint density at radius 1 is 1.20 bits per heavy atom. The van der Waals surface area contributed by atoms with Crippen LogP contribution in [0.3, 0.4) is 0 Å². The minimum atomic E-state index is -0.677. The van der Waals surface area contributed by atoms with Crippen LogP contribution in [0.25, 0.3) is 0 Å². The number of rotatable bonds is 2. The molecular formula is C17H22N2O. The monoisotopic (exact) mass is 270 g/mol. The predicted octanol–water partition coefficient (Wildman–Crippen LogP) is 3.65. The molecule has 3 heteroatoms. The molecule has 1 aromatic rings. The maximum absolute atomic E-state index is 12.5. The summed E-state index contributed by atoms with van der Waals surface area (Å²) in [5.41, 5.74) is 2.02. The summed E-state index contributed by atoms with van der Waals surface area (Å²) in [6.45, 7) is 3.91. The van der Waals surface area contributed by atoms with Crippen molar-refractivity contribution in [3.05, 3.63) is 34.9 Å². The highest BCUT2D eigenvalue weighted by Crippen LogP contribution is 2.27. The fourth-order valence-electron chi connectivity index (χ4n) is 2.86. The molecule has 2 rings (SSSR count). The number of amides is 1. The van der Waals surface area contributed by atoms with Crippen molar-refractivity contribution in [2.75, 3.05) is 0 Å². The molecule has 1 aliphatic carbocycles. The van der Waals surface area contributed by atoms with Gasteiger partial charge in [-0.2, -0.15) is 5.26 Å². The van der Waals surface area contributed by atoms with Gasteiger partial charge in [-0.25, -0.2) is 0 Å². The lowest BCUT2D eigenvalue weighted by Crippen LogP contribution is -2.47. The van der Waals surface area contributed by atoms with E-state index in [1.807, 2.05) is 32.0 Å². The van der Waals surface area contributed by atoms with Crippen molar-refractivity contribution in [2.45, 2.75) is 57.9 Å². The molecule has 1 N–H and O–H groups in total. The standard InChI is InChI=1S/C17H22N2O/c1-13-7-8-14(2)15(11-13)16(20)19-17(12-18)9-5-3-4-6-10-17/h7-8,11H,3-6,9-10H2,1-2H3,(H,19,20). The van der Waals surface area contributed by atoms with E-state index in [0.717, 1.165) is 49.7 Å². The summed E-state index contributed by atoms with van der Waals surface area (Å²) < 4.78 is 0. The summed E-state index contributed by atoms with van der Waals surface area (Å²) in [6.07, 6.45) is 5.87. The molecule has 0 heterocycles. The smallest absolute Gasteiger partial charge is 0.252 e. The van der Waals surface area contributed by atoms with Gasteiger partial charge in [-0.3, -0.25) is 4.79 Å². The van der Waals surface area contributed by atoms with E-state index in [1.165, 1.54) is 0 Å². The molecule has 1 amide bonds. The molecule has 0 radical (unpaired) electrons. The van der Waals surface area contributed by atoms with Crippen LogP contribution in [-0.2, 0) is 0 Å². The van der Waals surface area contributed by atoms with Crippen molar-refractivity contribution in [1.29, 1.82) is 5.26 Å². The quantitative estimate of drug-likeness (QED) is 0.834. The van der Waals surface area contributed by atoms with Gasteiger partial charge < -0.3 is 5.32 Å².